The summed E-state index contributed by atoms with van der Waals surface area (Å²) in [6.07, 6.45) is 4.98. The van der Waals surface area contributed by atoms with Gasteiger partial charge >= 0.3 is 0 Å². The highest BCUT2D eigenvalue weighted by Crippen LogP contribution is 2.23. The van der Waals surface area contributed by atoms with Crippen LogP contribution in [-0.2, 0) is 6.54 Å². The van der Waals surface area contributed by atoms with Gasteiger partial charge in [0.05, 0.1) is 0 Å². The molecule has 3 rings (SSSR count). The summed E-state index contributed by atoms with van der Waals surface area (Å²) in [5.74, 6) is 0. The van der Waals surface area contributed by atoms with Gasteiger partial charge in [-0.05, 0) is 50.9 Å². The van der Waals surface area contributed by atoms with Crippen LogP contribution in [0.15, 0.2) is 27.5 Å². The minimum absolute atomic E-state index is 0.174. The zero-order chi connectivity index (χ0) is 15.7. The molecule has 2 aromatic rings. The predicted octanol–water partition coefficient (Wildman–Crippen LogP) is 4.36. The van der Waals surface area contributed by atoms with Crippen LogP contribution >= 0.6 is 15.9 Å². The Morgan fingerprint density at radius 2 is 2.18 bits per heavy atom. The molecule has 1 unspecified atom stereocenters. The van der Waals surface area contributed by atoms with Crippen LogP contribution in [-0.4, -0.2) is 22.5 Å². The second kappa shape index (κ2) is 6.55. The maximum Gasteiger partial charge on any atom is 0.194 e. The molecule has 0 bridgehead atoms. The molecule has 22 heavy (non-hydrogen) atoms. The fourth-order valence-corrected chi connectivity index (χ4v) is 3.91. The normalized spacial score (nSPS) is 19.7. The number of fused-ring (bicyclic) bond motifs is 1. The summed E-state index contributed by atoms with van der Waals surface area (Å²) in [6.45, 7) is 6.14. The molecule has 1 fully saturated rings. The minimum atomic E-state index is 0.174. The number of benzene rings is 1. The summed E-state index contributed by atoms with van der Waals surface area (Å²) in [6, 6.07) is 6.47. The van der Waals surface area contributed by atoms with E-state index in [1.54, 1.807) is 0 Å². The maximum atomic E-state index is 12.9. The van der Waals surface area contributed by atoms with Crippen molar-refractivity contribution in [2.75, 3.05) is 6.54 Å². The number of H-pyrrole nitrogens is 1. The second-order valence-electron chi connectivity index (χ2n) is 6.28. The van der Waals surface area contributed by atoms with Gasteiger partial charge in [0.25, 0.3) is 0 Å². The minimum Gasteiger partial charge on any atom is -0.358 e. The highest BCUT2D eigenvalue weighted by molar-refractivity contribution is 9.10. The molecule has 1 N–H and O–H groups in total. The van der Waals surface area contributed by atoms with Gasteiger partial charge in [0.1, 0.15) is 0 Å². The largest absolute Gasteiger partial charge is 0.358 e. The molecule has 2 heterocycles. The fraction of sp³-hybridized carbons (Fsp3) is 0.500. The lowest BCUT2D eigenvalue weighted by atomic mass is 9.98. The number of hydrogen-bond acceptors (Lipinski definition) is 2. The molecule has 1 aliphatic heterocycles. The van der Waals surface area contributed by atoms with Crippen LogP contribution < -0.4 is 5.43 Å². The summed E-state index contributed by atoms with van der Waals surface area (Å²) >= 11 is 3.47. The SMILES string of the molecule is CCC1CCCCN1Cc1c(C)[nH]c2ccc(Br)cc2c1=O. The highest BCUT2D eigenvalue weighted by atomic mass is 79.9. The Kier molecular flexibility index (Phi) is 4.69. The lowest BCUT2D eigenvalue weighted by molar-refractivity contribution is 0.135. The van der Waals surface area contributed by atoms with Gasteiger partial charge < -0.3 is 4.98 Å². The molecular formula is C18H23BrN2O. The number of aromatic amines is 1. The van der Waals surface area contributed by atoms with E-state index in [1.807, 2.05) is 25.1 Å². The van der Waals surface area contributed by atoms with E-state index in [9.17, 15) is 4.79 Å². The molecule has 1 aromatic heterocycles. The number of aromatic nitrogens is 1. The molecule has 0 spiro atoms. The number of nitrogens with zero attached hydrogens (tertiary/aromatic N) is 1. The number of hydrogen-bond donors (Lipinski definition) is 1. The van der Waals surface area contributed by atoms with Crippen molar-refractivity contribution in [1.29, 1.82) is 0 Å². The summed E-state index contributed by atoms with van der Waals surface area (Å²) in [5.41, 5.74) is 3.01. The number of nitrogens with one attached hydrogen (secondary N) is 1. The monoisotopic (exact) mass is 362 g/mol. The predicted molar refractivity (Wildman–Crippen MR) is 95.3 cm³/mol. The van der Waals surface area contributed by atoms with E-state index in [-0.39, 0.29) is 5.43 Å². The van der Waals surface area contributed by atoms with Gasteiger partial charge in [0.15, 0.2) is 5.43 Å². The first-order valence-electron chi connectivity index (χ1n) is 8.15. The topological polar surface area (TPSA) is 36.1 Å². The van der Waals surface area contributed by atoms with Crippen molar-refractivity contribution >= 4 is 26.8 Å². The molecule has 0 aliphatic carbocycles. The first kappa shape index (κ1) is 15.8. The zero-order valence-electron chi connectivity index (χ0n) is 13.3. The molecule has 1 atom stereocenters. The Morgan fingerprint density at radius 1 is 1.36 bits per heavy atom. The van der Waals surface area contributed by atoms with Gasteiger partial charge in [-0.2, -0.15) is 0 Å². The third-order valence-electron chi connectivity index (χ3n) is 4.86. The Bertz CT molecular complexity index is 738. The van der Waals surface area contributed by atoms with Crippen LogP contribution in [0.5, 0.6) is 0 Å². The quantitative estimate of drug-likeness (QED) is 0.880. The molecule has 3 nitrogen and oxygen atoms in total. The van der Waals surface area contributed by atoms with Crippen LogP contribution in [0.2, 0.25) is 0 Å². The van der Waals surface area contributed by atoms with E-state index in [0.29, 0.717) is 6.04 Å². The number of halogens is 1. The van der Waals surface area contributed by atoms with Crippen LogP contribution in [0.25, 0.3) is 10.9 Å². The average molecular weight is 363 g/mol. The number of pyridine rings is 1. The van der Waals surface area contributed by atoms with Crippen LogP contribution in [0.4, 0.5) is 0 Å². The number of rotatable bonds is 3. The molecule has 0 saturated carbocycles. The smallest absolute Gasteiger partial charge is 0.194 e. The maximum absolute atomic E-state index is 12.9. The fourth-order valence-electron chi connectivity index (χ4n) is 3.55. The van der Waals surface area contributed by atoms with E-state index < -0.39 is 0 Å². The molecule has 0 amide bonds. The average Bonchev–Trinajstić information content (AvgIpc) is 2.52. The molecule has 1 saturated heterocycles. The Labute approximate surface area is 139 Å². The molecular weight excluding hydrogens is 340 g/mol. The number of aryl methyl sites for hydroxylation is 1. The first-order chi connectivity index (χ1) is 10.6. The second-order valence-corrected chi connectivity index (χ2v) is 7.19. The first-order valence-corrected chi connectivity index (χ1v) is 8.94. The Morgan fingerprint density at radius 3 is 2.95 bits per heavy atom. The van der Waals surface area contributed by atoms with Crippen molar-refractivity contribution in [1.82, 2.24) is 9.88 Å². The molecule has 1 aromatic carbocycles. The summed E-state index contributed by atoms with van der Waals surface area (Å²) in [5, 5.41) is 0.778. The van der Waals surface area contributed by atoms with Gasteiger partial charge in [-0.3, -0.25) is 9.69 Å². The lowest BCUT2D eigenvalue weighted by Gasteiger charge is -2.35. The van der Waals surface area contributed by atoms with Gasteiger partial charge in [0, 0.05) is 39.2 Å². The summed E-state index contributed by atoms with van der Waals surface area (Å²) < 4.78 is 0.949. The van der Waals surface area contributed by atoms with Gasteiger partial charge in [-0.15, -0.1) is 0 Å². The molecule has 118 valence electrons. The summed E-state index contributed by atoms with van der Waals surface area (Å²) in [4.78, 5) is 18.8. The van der Waals surface area contributed by atoms with Crippen molar-refractivity contribution in [2.45, 2.75) is 52.1 Å². The van der Waals surface area contributed by atoms with Crippen molar-refractivity contribution in [2.24, 2.45) is 0 Å². The van der Waals surface area contributed by atoms with Gasteiger partial charge in [0.2, 0.25) is 0 Å². The van der Waals surface area contributed by atoms with Crippen LogP contribution in [0.1, 0.15) is 43.9 Å². The number of likely N-dealkylation sites (tertiary alicyclic amines) is 1. The molecule has 1 aliphatic rings. The van der Waals surface area contributed by atoms with Crippen LogP contribution in [0, 0.1) is 6.92 Å². The van der Waals surface area contributed by atoms with Crippen molar-refractivity contribution < 1.29 is 0 Å². The third kappa shape index (κ3) is 2.99. The highest BCUT2D eigenvalue weighted by Gasteiger charge is 2.22. The van der Waals surface area contributed by atoms with Crippen molar-refractivity contribution in [3.63, 3.8) is 0 Å². The molecule has 0 radical (unpaired) electrons. The van der Waals surface area contributed by atoms with Crippen molar-refractivity contribution in [3.05, 3.63) is 44.2 Å². The standard InChI is InChI=1S/C18H23BrN2O/c1-3-14-6-4-5-9-21(14)11-16-12(2)20-17-8-7-13(19)10-15(17)18(16)22/h7-8,10,14H,3-6,9,11H2,1-2H3,(H,20,22). The third-order valence-corrected chi connectivity index (χ3v) is 5.35. The van der Waals surface area contributed by atoms with Crippen molar-refractivity contribution in [3.8, 4) is 0 Å². The molecule has 4 heteroatoms. The van der Waals surface area contributed by atoms with E-state index >= 15 is 0 Å². The zero-order valence-corrected chi connectivity index (χ0v) is 14.9. The van der Waals surface area contributed by atoms with E-state index in [1.165, 1.54) is 19.3 Å². The summed E-state index contributed by atoms with van der Waals surface area (Å²) in [7, 11) is 0. The van der Waals surface area contributed by atoms with E-state index in [4.69, 9.17) is 0 Å². The number of piperidine rings is 1. The Hall–Kier alpha value is -1.13. The van der Waals surface area contributed by atoms with E-state index in [0.717, 1.165) is 46.1 Å². The Balaban J connectivity index is 2.01. The van der Waals surface area contributed by atoms with Crippen LogP contribution in [0.3, 0.4) is 0 Å². The lowest BCUT2D eigenvalue weighted by Crippen LogP contribution is -2.39. The van der Waals surface area contributed by atoms with E-state index in [2.05, 4.69) is 32.7 Å². The van der Waals surface area contributed by atoms with Gasteiger partial charge in [-0.1, -0.05) is 29.3 Å². The van der Waals surface area contributed by atoms with Gasteiger partial charge in [-0.25, -0.2) is 0 Å².